The number of fused-ring (bicyclic) bond motifs is 4. The van der Waals surface area contributed by atoms with Crippen molar-refractivity contribution in [3.05, 3.63) is 11.1 Å². The average molecular weight is 312 g/mol. The normalized spacial score (nSPS) is 46.0. The lowest BCUT2D eigenvalue weighted by Gasteiger charge is -2.54. The molecule has 1 N–H and O–H groups in total. The highest BCUT2D eigenvalue weighted by atomic mass is 16.3. The molecule has 0 unspecified atom stereocenters. The van der Waals surface area contributed by atoms with E-state index in [1.807, 2.05) is 0 Å². The maximum Gasteiger partial charge on any atom is 0.137 e. The molecule has 0 aromatic carbocycles. The first-order chi connectivity index (χ1) is 11.0. The molecular weight excluding hydrogens is 284 g/mol. The van der Waals surface area contributed by atoms with Gasteiger partial charge in [-0.1, -0.05) is 24.0 Å². The van der Waals surface area contributed by atoms with E-state index in [9.17, 15) is 9.90 Å². The van der Waals surface area contributed by atoms with E-state index in [-0.39, 0.29) is 5.41 Å². The van der Waals surface area contributed by atoms with Crippen molar-refractivity contribution in [1.29, 1.82) is 0 Å². The minimum absolute atomic E-state index is 0.0640. The van der Waals surface area contributed by atoms with Crippen molar-refractivity contribution in [2.24, 2.45) is 23.2 Å². The summed E-state index contributed by atoms with van der Waals surface area (Å²) in [6, 6.07) is 0. The standard InChI is InChI=1S/C21H28O2/c1-3-20-11-9-17-16-8-6-15(22)13-14(16)5-7-18(17)19(20)10-12-21(20,23)4-2/h2,17-19,23H,3,5-13H2,1H3/t17-,18+,19+,20+,21+/m1/s1. The van der Waals surface area contributed by atoms with Crippen molar-refractivity contribution in [3.8, 4) is 12.3 Å². The van der Waals surface area contributed by atoms with Gasteiger partial charge >= 0.3 is 0 Å². The molecule has 0 aliphatic heterocycles. The molecular formula is C21H28O2. The number of carbonyl (C=O) groups is 1. The predicted octanol–water partition coefficient (Wildman–Crippen LogP) is 4.03. The number of hydrogen-bond donors (Lipinski definition) is 1. The molecule has 4 aliphatic carbocycles. The van der Waals surface area contributed by atoms with Gasteiger partial charge in [-0.15, -0.1) is 6.42 Å². The Hall–Kier alpha value is -1.07. The van der Waals surface area contributed by atoms with Gasteiger partial charge in [-0.2, -0.15) is 0 Å². The fourth-order valence-corrected chi connectivity index (χ4v) is 6.83. The molecule has 0 amide bonds. The number of rotatable bonds is 1. The lowest BCUT2D eigenvalue weighted by Crippen LogP contribution is -2.52. The first-order valence-electron chi connectivity index (χ1n) is 9.47. The highest BCUT2D eigenvalue weighted by Gasteiger charge is 2.62. The highest BCUT2D eigenvalue weighted by molar-refractivity contribution is 5.82. The van der Waals surface area contributed by atoms with Crippen molar-refractivity contribution in [2.75, 3.05) is 0 Å². The van der Waals surface area contributed by atoms with Gasteiger partial charge in [0, 0.05) is 18.3 Å². The van der Waals surface area contributed by atoms with Crippen LogP contribution in [0.25, 0.3) is 0 Å². The Bertz CT molecular complexity index is 610. The minimum Gasteiger partial charge on any atom is -0.377 e. The monoisotopic (exact) mass is 312 g/mol. The molecule has 2 heteroatoms. The first kappa shape index (κ1) is 15.5. The molecule has 124 valence electrons. The van der Waals surface area contributed by atoms with E-state index in [1.54, 1.807) is 5.57 Å². The summed E-state index contributed by atoms with van der Waals surface area (Å²) in [6.45, 7) is 2.22. The Morgan fingerprint density at radius 1 is 1.22 bits per heavy atom. The van der Waals surface area contributed by atoms with Crippen LogP contribution in [-0.2, 0) is 4.79 Å². The van der Waals surface area contributed by atoms with Gasteiger partial charge in [-0.05, 0) is 69.1 Å². The molecule has 5 atom stereocenters. The van der Waals surface area contributed by atoms with Crippen LogP contribution in [0.1, 0.15) is 71.1 Å². The van der Waals surface area contributed by atoms with E-state index < -0.39 is 5.60 Å². The zero-order chi connectivity index (χ0) is 16.2. The number of carbonyl (C=O) groups excluding carboxylic acids is 1. The van der Waals surface area contributed by atoms with E-state index >= 15 is 0 Å². The second-order valence-electron chi connectivity index (χ2n) is 8.35. The Kier molecular flexibility index (Phi) is 3.50. The molecule has 0 saturated heterocycles. The first-order valence-corrected chi connectivity index (χ1v) is 9.47. The van der Waals surface area contributed by atoms with E-state index in [0.29, 0.717) is 23.5 Å². The van der Waals surface area contributed by atoms with Gasteiger partial charge in [0.2, 0.25) is 0 Å². The molecule has 2 fully saturated rings. The van der Waals surface area contributed by atoms with Crippen molar-refractivity contribution >= 4 is 5.78 Å². The number of hydrogen-bond acceptors (Lipinski definition) is 2. The van der Waals surface area contributed by atoms with Crippen molar-refractivity contribution in [2.45, 2.75) is 76.7 Å². The Labute approximate surface area is 139 Å². The minimum atomic E-state index is -0.894. The molecule has 2 saturated carbocycles. The van der Waals surface area contributed by atoms with Crippen LogP contribution in [0, 0.1) is 35.5 Å². The third-order valence-corrected chi connectivity index (χ3v) is 7.92. The van der Waals surface area contributed by atoms with Crippen molar-refractivity contribution in [1.82, 2.24) is 0 Å². The van der Waals surface area contributed by atoms with Crippen LogP contribution in [0.4, 0.5) is 0 Å². The number of terminal acetylenes is 1. The number of Topliss-reactive ketones (excluding diaryl/α,β-unsaturated/α-hetero) is 1. The lowest BCUT2D eigenvalue weighted by molar-refractivity contribution is -0.119. The van der Waals surface area contributed by atoms with Crippen molar-refractivity contribution in [3.63, 3.8) is 0 Å². The summed E-state index contributed by atoms with van der Waals surface area (Å²) < 4.78 is 0. The second kappa shape index (κ2) is 5.21. The zero-order valence-electron chi connectivity index (χ0n) is 14.2. The molecule has 2 nitrogen and oxygen atoms in total. The summed E-state index contributed by atoms with van der Waals surface area (Å²) in [5.74, 6) is 5.13. The van der Waals surface area contributed by atoms with Crippen LogP contribution in [0.5, 0.6) is 0 Å². The third-order valence-electron chi connectivity index (χ3n) is 7.92. The van der Waals surface area contributed by atoms with Gasteiger partial charge in [0.25, 0.3) is 0 Å². The average Bonchev–Trinajstić information content (AvgIpc) is 2.88. The molecule has 0 aromatic heterocycles. The fourth-order valence-electron chi connectivity index (χ4n) is 6.83. The largest absolute Gasteiger partial charge is 0.377 e. The van der Waals surface area contributed by atoms with Gasteiger partial charge in [0.1, 0.15) is 11.4 Å². The molecule has 0 radical (unpaired) electrons. The van der Waals surface area contributed by atoms with Gasteiger partial charge in [-0.3, -0.25) is 4.79 Å². The quantitative estimate of drug-likeness (QED) is 0.586. The maximum absolute atomic E-state index is 11.8. The second-order valence-corrected chi connectivity index (χ2v) is 8.35. The number of allylic oxidation sites excluding steroid dienone is 2. The van der Waals surface area contributed by atoms with Gasteiger partial charge < -0.3 is 5.11 Å². The predicted molar refractivity (Wildman–Crippen MR) is 90.6 cm³/mol. The van der Waals surface area contributed by atoms with Crippen LogP contribution in [-0.4, -0.2) is 16.5 Å². The molecule has 0 spiro atoms. The van der Waals surface area contributed by atoms with Crippen molar-refractivity contribution < 1.29 is 9.90 Å². The highest BCUT2D eigenvalue weighted by Crippen LogP contribution is 2.65. The lowest BCUT2D eigenvalue weighted by atomic mass is 9.51. The summed E-state index contributed by atoms with van der Waals surface area (Å²) in [5.41, 5.74) is 2.14. The Morgan fingerprint density at radius 3 is 2.78 bits per heavy atom. The third kappa shape index (κ3) is 1.96. The van der Waals surface area contributed by atoms with Gasteiger partial charge in [0.05, 0.1) is 0 Å². The molecule has 23 heavy (non-hydrogen) atoms. The molecule has 0 bridgehead atoms. The Balaban J connectivity index is 1.69. The molecule has 0 aromatic rings. The summed E-state index contributed by atoms with van der Waals surface area (Å²) in [4.78, 5) is 11.8. The summed E-state index contributed by atoms with van der Waals surface area (Å²) in [6.07, 6.45) is 15.6. The molecule has 4 rings (SSSR count). The SMILES string of the molecule is C#C[C@]1(O)CC[C@H]2[C@H]3CCC4=C(CCC(=O)C4)[C@H]3CC[C@@]21CC. The van der Waals surface area contributed by atoms with Crippen LogP contribution < -0.4 is 0 Å². The van der Waals surface area contributed by atoms with Gasteiger partial charge in [-0.25, -0.2) is 0 Å². The fraction of sp³-hybridized carbons (Fsp3) is 0.762. The van der Waals surface area contributed by atoms with Crippen LogP contribution in [0.3, 0.4) is 0 Å². The summed E-state index contributed by atoms with van der Waals surface area (Å²) in [5, 5.41) is 11.1. The van der Waals surface area contributed by atoms with Crippen LogP contribution in [0.2, 0.25) is 0 Å². The van der Waals surface area contributed by atoms with E-state index in [2.05, 4.69) is 12.8 Å². The number of ketones is 1. The summed E-state index contributed by atoms with van der Waals surface area (Å²) in [7, 11) is 0. The zero-order valence-corrected chi connectivity index (χ0v) is 14.2. The maximum atomic E-state index is 11.8. The Morgan fingerprint density at radius 2 is 2.04 bits per heavy atom. The summed E-state index contributed by atoms with van der Waals surface area (Å²) >= 11 is 0. The smallest absolute Gasteiger partial charge is 0.137 e. The number of aliphatic hydroxyl groups is 1. The van der Waals surface area contributed by atoms with E-state index in [1.165, 1.54) is 12.0 Å². The topological polar surface area (TPSA) is 37.3 Å². The molecule has 4 aliphatic rings. The van der Waals surface area contributed by atoms with Crippen LogP contribution >= 0.6 is 0 Å². The van der Waals surface area contributed by atoms with E-state index in [4.69, 9.17) is 6.42 Å². The van der Waals surface area contributed by atoms with Crippen LogP contribution in [0.15, 0.2) is 11.1 Å². The van der Waals surface area contributed by atoms with E-state index in [0.717, 1.165) is 57.8 Å². The molecule has 0 heterocycles. The van der Waals surface area contributed by atoms with Gasteiger partial charge in [0.15, 0.2) is 0 Å².